The zero-order valence-electron chi connectivity index (χ0n) is 10.8. The van der Waals surface area contributed by atoms with Crippen molar-refractivity contribution in [1.29, 1.82) is 0 Å². The van der Waals surface area contributed by atoms with Gasteiger partial charge in [-0.2, -0.15) is 0 Å². The largest absolute Gasteiger partial charge is 0.480 e. The maximum absolute atomic E-state index is 12.1. The van der Waals surface area contributed by atoms with Gasteiger partial charge in [-0.1, -0.05) is 6.92 Å². The monoisotopic (exact) mass is 267 g/mol. The van der Waals surface area contributed by atoms with Gasteiger partial charge in [0.05, 0.1) is 6.54 Å². The summed E-state index contributed by atoms with van der Waals surface area (Å²) >= 11 is 0. The Morgan fingerprint density at radius 2 is 2.00 bits per heavy atom. The number of nitrogens with one attached hydrogen (secondary N) is 1. The first-order valence-electron chi connectivity index (χ1n) is 6.25. The number of nitrogens with zero attached hydrogens (tertiary/aromatic N) is 4. The van der Waals surface area contributed by atoms with Crippen LogP contribution in [0.15, 0.2) is 0 Å². The van der Waals surface area contributed by atoms with E-state index in [4.69, 9.17) is 5.11 Å². The lowest BCUT2D eigenvalue weighted by molar-refractivity contribution is -0.138. The van der Waals surface area contributed by atoms with Gasteiger partial charge in [0.15, 0.2) is 0 Å². The zero-order valence-corrected chi connectivity index (χ0v) is 10.8. The average molecular weight is 267 g/mol. The topological polar surface area (TPSA) is 102 Å². The summed E-state index contributed by atoms with van der Waals surface area (Å²) in [5.74, 6) is -0.177. The Morgan fingerprint density at radius 3 is 2.53 bits per heavy atom. The van der Waals surface area contributed by atoms with E-state index in [1.807, 2.05) is 11.8 Å². The molecule has 0 spiro atoms. The third kappa shape index (κ3) is 3.28. The van der Waals surface area contributed by atoms with Gasteiger partial charge >= 0.3 is 5.97 Å². The molecule has 0 aromatic carbocycles. The Kier molecular flexibility index (Phi) is 4.10. The van der Waals surface area contributed by atoms with E-state index < -0.39 is 5.97 Å². The van der Waals surface area contributed by atoms with Crippen LogP contribution in [0.3, 0.4) is 0 Å². The van der Waals surface area contributed by atoms with Crippen LogP contribution in [0, 0.1) is 0 Å². The second-order valence-electron chi connectivity index (χ2n) is 4.42. The first kappa shape index (κ1) is 13.5. The van der Waals surface area contributed by atoms with E-state index in [1.54, 1.807) is 4.90 Å². The van der Waals surface area contributed by atoms with Gasteiger partial charge < -0.3 is 10.0 Å². The quantitative estimate of drug-likeness (QED) is 0.741. The van der Waals surface area contributed by atoms with Crippen LogP contribution in [0.4, 0.5) is 0 Å². The Morgan fingerprint density at radius 1 is 1.32 bits per heavy atom. The van der Waals surface area contributed by atoms with Gasteiger partial charge in [-0.3, -0.25) is 19.6 Å². The normalized spacial score (nSPS) is 16.6. The highest BCUT2D eigenvalue weighted by molar-refractivity contribution is 5.90. The molecule has 0 atom stereocenters. The second-order valence-corrected chi connectivity index (χ2v) is 4.42. The Balaban J connectivity index is 1.90. The number of piperazine rings is 1. The number of carboxylic acid groups (broad SMARTS) is 1. The van der Waals surface area contributed by atoms with Crippen molar-refractivity contribution in [3.05, 3.63) is 11.6 Å². The Bertz CT molecular complexity index is 465. The molecule has 0 saturated carbocycles. The van der Waals surface area contributed by atoms with Crippen LogP contribution >= 0.6 is 0 Å². The van der Waals surface area contributed by atoms with Crippen LogP contribution in [0.5, 0.6) is 0 Å². The summed E-state index contributed by atoms with van der Waals surface area (Å²) < 4.78 is 0. The van der Waals surface area contributed by atoms with Crippen LogP contribution < -0.4 is 0 Å². The predicted octanol–water partition coefficient (Wildman–Crippen LogP) is -0.790. The molecule has 2 heterocycles. The number of carboxylic acids is 1. The summed E-state index contributed by atoms with van der Waals surface area (Å²) in [5, 5.41) is 15.3. The number of aryl methyl sites for hydroxylation is 1. The molecule has 1 aliphatic heterocycles. The number of hydrogen-bond donors (Lipinski definition) is 2. The third-order valence-electron chi connectivity index (χ3n) is 3.08. The van der Waals surface area contributed by atoms with E-state index in [-0.39, 0.29) is 18.3 Å². The van der Waals surface area contributed by atoms with Crippen molar-refractivity contribution in [2.45, 2.75) is 13.3 Å². The number of aromatic amines is 1. The van der Waals surface area contributed by atoms with E-state index in [2.05, 4.69) is 15.2 Å². The van der Waals surface area contributed by atoms with Crippen molar-refractivity contribution < 1.29 is 14.7 Å². The molecule has 1 amide bonds. The zero-order chi connectivity index (χ0) is 13.8. The van der Waals surface area contributed by atoms with Crippen molar-refractivity contribution in [2.24, 2.45) is 0 Å². The minimum absolute atomic E-state index is 0.0165. The molecular weight excluding hydrogens is 250 g/mol. The summed E-state index contributed by atoms with van der Waals surface area (Å²) in [6.07, 6.45) is 0.701. The van der Waals surface area contributed by atoms with Crippen molar-refractivity contribution in [1.82, 2.24) is 25.0 Å². The van der Waals surface area contributed by atoms with Crippen LogP contribution in [0.2, 0.25) is 0 Å². The third-order valence-corrected chi connectivity index (χ3v) is 3.08. The predicted molar refractivity (Wildman–Crippen MR) is 65.7 cm³/mol. The van der Waals surface area contributed by atoms with Crippen LogP contribution in [0.1, 0.15) is 23.4 Å². The van der Waals surface area contributed by atoms with Crippen molar-refractivity contribution >= 4 is 11.9 Å². The highest BCUT2D eigenvalue weighted by Crippen LogP contribution is 2.06. The molecule has 1 fully saturated rings. The summed E-state index contributed by atoms with van der Waals surface area (Å²) in [4.78, 5) is 30.3. The highest BCUT2D eigenvalue weighted by Gasteiger charge is 2.25. The molecule has 0 aliphatic carbocycles. The molecule has 0 unspecified atom stereocenters. The fourth-order valence-electron chi connectivity index (χ4n) is 1.99. The molecule has 19 heavy (non-hydrogen) atoms. The molecule has 1 aromatic heterocycles. The molecule has 1 aromatic rings. The van der Waals surface area contributed by atoms with Crippen LogP contribution in [0.25, 0.3) is 0 Å². The fourth-order valence-corrected chi connectivity index (χ4v) is 1.99. The maximum Gasteiger partial charge on any atom is 0.317 e. The van der Waals surface area contributed by atoms with Crippen molar-refractivity contribution in [3.63, 3.8) is 0 Å². The lowest BCUT2D eigenvalue weighted by atomic mass is 10.3. The van der Waals surface area contributed by atoms with Gasteiger partial charge in [0.1, 0.15) is 5.82 Å². The number of hydrogen-bond acceptors (Lipinski definition) is 5. The molecular formula is C11H17N5O3. The SMILES string of the molecule is CCc1nc(C(=O)N2CCN(CC(=O)O)CC2)n[nH]1. The van der Waals surface area contributed by atoms with Gasteiger partial charge in [-0.15, -0.1) is 5.10 Å². The molecule has 1 aliphatic rings. The molecule has 0 bridgehead atoms. The standard InChI is InChI=1S/C11H17N5O3/c1-2-8-12-10(14-13-8)11(19)16-5-3-15(4-6-16)7-9(17)18/h2-7H2,1H3,(H,17,18)(H,12,13,14). The van der Waals surface area contributed by atoms with E-state index in [9.17, 15) is 9.59 Å². The molecule has 0 radical (unpaired) electrons. The molecule has 8 heteroatoms. The molecule has 1 saturated heterocycles. The number of carbonyl (C=O) groups is 2. The van der Waals surface area contributed by atoms with Gasteiger partial charge in [0.25, 0.3) is 5.91 Å². The number of rotatable bonds is 4. The Labute approximate surface area is 110 Å². The van der Waals surface area contributed by atoms with Gasteiger partial charge in [0, 0.05) is 32.6 Å². The Hall–Kier alpha value is -1.96. The lowest BCUT2D eigenvalue weighted by Crippen LogP contribution is -2.50. The van der Waals surface area contributed by atoms with Gasteiger partial charge in [-0.25, -0.2) is 4.98 Å². The highest BCUT2D eigenvalue weighted by atomic mass is 16.4. The van der Waals surface area contributed by atoms with Crippen LogP contribution in [-0.4, -0.2) is 74.7 Å². The molecule has 2 rings (SSSR count). The summed E-state index contributed by atoms with van der Waals surface area (Å²) in [5.41, 5.74) is 0. The van der Waals surface area contributed by atoms with Crippen LogP contribution in [-0.2, 0) is 11.2 Å². The fraction of sp³-hybridized carbons (Fsp3) is 0.636. The number of aromatic nitrogens is 3. The minimum atomic E-state index is -0.846. The summed E-state index contributed by atoms with van der Waals surface area (Å²) in [7, 11) is 0. The van der Waals surface area contributed by atoms with Gasteiger partial charge in [0.2, 0.25) is 5.82 Å². The van der Waals surface area contributed by atoms with E-state index in [0.717, 1.165) is 0 Å². The average Bonchev–Trinajstić information content (AvgIpc) is 2.87. The molecule has 8 nitrogen and oxygen atoms in total. The van der Waals surface area contributed by atoms with E-state index in [0.29, 0.717) is 38.4 Å². The molecule has 104 valence electrons. The minimum Gasteiger partial charge on any atom is -0.480 e. The van der Waals surface area contributed by atoms with E-state index in [1.165, 1.54) is 0 Å². The summed E-state index contributed by atoms with van der Waals surface area (Å²) in [6.45, 7) is 4.07. The smallest absolute Gasteiger partial charge is 0.317 e. The molecule has 2 N–H and O–H groups in total. The second kappa shape index (κ2) is 5.79. The van der Waals surface area contributed by atoms with E-state index >= 15 is 0 Å². The first-order chi connectivity index (χ1) is 9.10. The first-order valence-corrected chi connectivity index (χ1v) is 6.25. The lowest BCUT2D eigenvalue weighted by Gasteiger charge is -2.33. The number of aliphatic carboxylic acids is 1. The van der Waals surface area contributed by atoms with Crippen molar-refractivity contribution in [3.8, 4) is 0 Å². The van der Waals surface area contributed by atoms with Gasteiger partial charge in [-0.05, 0) is 0 Å². The summed E-state index contributed by atoms with van der Waals surface area (Å²) in [6, 6.07) is 0. The van der Waals surface area contributed by atoms with Crippen molar-refractivity contribution in [2.75, 3.05) is 32.7 Å². The number of amides is 1. The number of carbonyl (C=O) groups excluding carboxylic acids is 1. The maximum atomic E-state index is 12.1. The number of H-pyrrole nitrogens is 1.